The van der Waals surface area contributed by atoms with E-state index in [0.717, 1.165) is 87.1 Å². The number of aromatic nitrogens is 6. The second-order valence-electron chi connectivity index (χ2n) is 14.4. The molecule has 0 unspecified atom stereocenters. The van der Waals surface area contributed by atoms with Crippen molar-refractivity contribution in [1.29, 1.82) is 0 Å². The van der Waals surface area contributed by atoms with E-state index < -0.39 is 0 Å². The van der Waals surface area contributed by atoms with Crippen molar-refractivity contribution in [1.82, 2.24) is 28.7 Å². The molecular formula is C48H42N6O3. The summed E-state index contributed by atoms with van der Waals surface area (Å²) in [7, 11) is 0. The third-order valence-electron chi connectivity index (χ3n) is 11.4. The van der Waals surface area contributed by atoms with Crippen molar-refractivity contribution in [2.24, 2.45) is 0 Å². The lowest BCUT2D eigenvalue weighted by Crippen LogP contribution is -2.19. The van der Waals surface area contributed by atoms with Gasteiger partial charge in [0.15, 0.2) is 34.8 Å². The minimum Gasteiger partial charge on any atom is -0.461 e. The van der Waals surface area contributed by atoms with Gasteiger partial charge >= 0.3 is 0 Å². The maximum atomic E-state index is 6.02. The van der Waals surface area contributed by atoms with E-state index in [4.69, 9.17) is 28.2 Å². The molecule has 6 heterocycles. The lowest BCUT2D eigenvalue weighted by atomic mass is 9.82. The fourth-order valence-corrected chi connectivity index (χ4v) is 8.91. The van der Waals surface area contributed by atoms with Crippen molar-refractivity contribution in [3.63, 3.8) is 0 Å². The van der Waals surface area contributed by atoms with Crippen LogP contribution in [0.4, 0.5) is 0 Å². The number of hydrogen-bond acceptors (Lipinski definition) is 6. The standard InChI is InChI=1S/C48H42N6O3/c1-4-31-34(28-52-40-19-10-7-16-37(40)49-46(52)43-22-13-25-55-43)32(5-2)36(30-54-42-21-12-9-18-39(42)51-48(54)45-24-15-27-57-45)33(6-3)35(31)29-53-41-20-11-8-17-38(41)50-47(53)44-23-14-26-56-44/h7-27H,4-6,28-30H2,1-3H3. The fraction of sp³-hybridized carbons (Fsp3) is 0.188. The summed E-state index contributed by atoms with van der Waals surface area (Å²) in [5, 5.41) is 0. The molecule has 0 spiro atoms. The van der Waals surface area contributed by atoms with Crippen molar-refractivity contribution < 1.29 is 13.3 Å². The van der Waals surface area contributed by atoms with Gasteiger partial charge in [-0.05, 0) is 125 Å². The third kappa shape index (κ3) is 5.80. The van der Waals surface area contributed by atoms with Crippen LogP contribution in [0, 0.1) is 0 Å². The SMILES string of the molecule is CCc1c(Cn2c(-c3ccco3)nc3ccccc32)c(CC)c(Cn2c(-c3ccco3)nc3ccccc32)c(CC)c1Cn1c(-c2ccco2)nc2ccccc21. The first-order chi connectivity index (χ1) is 28.1. The van der Waals surface area contributed by atoms with Gasteiger partial charge in [0.2, 0.25) is 0 Å². The molecular weight excluding hydrogens is 709 g/mol. The number of rotatable bonds is 12. The van der Waals surface area contributed by atoms with Crippen molar-refractivity contribution >= 4 is 33.1 Å². The van der Waals surface area contributed by atoms with Gasteiger partial charge in [0.25, 0.3) is 0 Å². The van der Waals surface area contributed by atoms with Crippen LogP contribution in [0.25, 0.3) is 67.9 Å². The van der Waals surface area contributed by atoms with Gasteiger partial charge in [-0.25, -0.2) is 15.0 Å². The van der Waals surface area contributed by atoms with Gasteiger partial charge in [-0.1, -0.05) is 57.2 Å². The summed E-state index contributed by atoms with van der Waals surface area (Å²) in [6, 6.07) is 36.9. The molecule has 0 bridgehead atoms. The highest BCUT2D eigenvalue weighted by Gasteiger charge is 2.27. The number of imidazole rings is 3. The van der Waals surface area contributed by atoms with Gasteiger partial charge in [0, 0.05) is 0 Å². The molecule has 0 aliphatic rings. The maximum Gasteiger partial charge on any atom is 0.177 e. The summed E-state index contributed by atoms with van der Waals surface area (Å²) in [4.78, 5) is 15.4. The molecule has 0 radical (unpaired) electrons. The Morgan fingerprint density at radius 2 is 0.667 bits per heavy atom. The third-order valence-corrected chi connectivity index (χ3v) is 11.4. The molecule has 0 amide bonds. The molecule has 0 atom stereocenters. The summed E-state index contributed by atoms with van der Waals surface area (Å²) < 4.78 is 25.1. The second-order valence-corrected chi connectivity index (χ2v) is 14.4. The Hall–Kier alpha value is -6.87. The molecule has 0 fully saturated rings. The van der Waals surface area contributed by atoms with Crippen LogP contribution in [0.5, 0.6) is 0 Å². The van der Waals surface area contributed by atoms with Gasteiger partial charge in [-0.15, -0.1) is 0 Å². The average Bonchev–Trinajstić information content (AvgIpc) is 4.10. The first kappa shape index (κ1) is 34.6. The van der Waals surface area contributed by atoms with Crippen LogP contribution in [-0.4, -0.2) is 28.7 Å². The van der Waals surface area contributed by atoms with Gasteiger partial charge < -0.3 is 27.0 Å². The van der Waals surface area contributed by atoms with Gasteiger partial charge in [-0.2, -0.15) is 0 Å². The molecule has 9 heteroatoms. The predicted octanol–water partition coefficient (Wildman–Crippen LogP) is 11.3. The molecule has 0 aliphatic heterocycles. The van der Waals surface area contributed by atoms with E-state index in [-0.39, 0.29) is 0 Å². The molecule has 0 saturated carbocycles. The summed E-state index contributed by atoms with van der Waals surface area (Å²) in [5.41, 5.74) is 14.0. The zero-order valence-corrected chi connectivity index (χ0v) is 32.3. The smallest absolute Gasteiger partial charge is 0.177 e. The van der Waals surface area contributed by atoms with Crippen molar-refractivity contribution in [3.05, 3.63) is 161 Å². The van der Waals surface area contributed by atoms with E-state index >= 15 is 0 Å². The van der Waals surface area contributed by atoms with E-state index in [1.165, 1.54) is 33.4 Å². The van der Waals surface area contributed by atoms with E-state index in [2.05, 4.69) is 89.1 Å². The highest BCUT2D eigenvalue weighted by atomic mass is 16.3. The van der Waals surface area contributed by atoms with E-state index in [1.54, 1.807) is 18.8 Å². The fourth-order valence-electron chi connectivity index (χ4n) is 8.91. The molecule has 0 saturated heterocycles. The number of nitrogens with zero attached hydrogens (tertiary/aromatic N) is 6. The topological polar surface area (TPSA) is 92.9 Å². The van der Waals surface area contributed by atoms with Crippen LogP contribution in [0.3, 0.4) is 0 Å². The lowest BCUT2D eigenvalue weighted by Gasteiger charge is -2.28. The van der Waals surface area contributed by atoms with Crippen LogP contribution in [0.1, 0.15) is 54.2 Å². The average molecular weight is 751 g/mol. The zero-order valence-electron chi connectivity index (χ0n) is 32.3. The van der Waals surface area contributed by atoms with Gasteiger partial charge in [0.1, 0.15) is 0 Å². The van der Waals surface area contributed by atoms with Crippen LogP contribution in [-0.2, 0) is 38.9 Å². The molecule has 4 aromatic carbocycles. The summed E-state index contributed by atoms with van der Waals surface area (Å²) in [6.45, 7) is 8.74. The van der Waals surface area contributed by atoms with Crippen molar-refractivity contribution in [2.75, 3.05) is 0 Å². The molecule has 9 nitrogen and oxygen atoms in total. The second kappa shape index (κ2) is 14.3. The van der Waals surface area contributed by atoms with Crippen LogP contribution < -0.4 is 0 Å². The minimum absolute atomic E-state index is 0.623. The van der Waals surface area contributed by atoms with Crippen LogP contribution in [0.15, 0.2) is 141 Å². The lowest BCUT2D eigenvalue weighted by molar-refractivity contribution is 0.571. The summed E-state index contributed by atoms with van der Waals surface area (Å²) >= 11 is 0. The minimum atomic E-state index is 0.623. The van der Waals surface area contributed by atoms with E-state index in [1.807, 2.05) is 54.6 Å². The zero-order chi connectivity index (χ0) is 38.5. The molecule has 0 aliphatic carbocycles. The van der Waals surface area contributed by atoms with Gasteiger partial charge in [-0.3, -0.25) is 0 Å². The quantitative estimate of drug-likeness (QED) is 0.123. The van der Waals surface area contributed by atoms with Crippen molar-refractivity contribution in [2.45, 2.75) is 59.7 Å². The van der Waals surface area contributed by atoms with E-state index in [9.17, 15) is 0 Å². The van der Waals surface area contributed by atoms with Crippen LogP contribution in [0.2, 0.25) is 0 Å². The number of para-hydroxylation sites is 6. The Kier molecular flexibility index (Phi) is 8.70. The number of fused-ring (bicyclic) bond motifs is 3. The highest BCUT2D eigenvalue weighted by Crippen LogP contribution is 2.38. The number of benzene rings is 4. The molecule has 10 aromatic rings. The van der Waals surface area contributed by atoms with Gasteiger partial charge in [0.05, 0.1) is 71.5 Å². The normalized spacial score (nSPS) is 11.8. The molecule has 6 aromatic heterocycles. The number of furan rings is 3. The summed E-state index contributed by atoms with van der Waals surface area (Å²) in [5.74, 6) is 4.68. The Bertz CT molecular complexity index is 2650. The van der Waals surface area contributed by atoms with E-state index in [0.29, 0.717) is 19.6 Å². The molecule has 282 valence electrons. The first-order valence-corrected chi connectivity index (χ1v) is 19.8. The Balaban J connectivity index is 1.26. The Morgan fingerprint density at radius 1 is 0.368 bits per heavy atom. The summed E-state index contributed by atoms with van der Waals surface area (Å²) in [6.07, 6.45) is 7.71. The predicted molar refractivity (Wildman–Crippen MR) is 224 cm³/mol. The largest absolute Gasteiger partial charge is 0.461 e. The highest BCUT2D eigenvalue weighted by molar-refractivity contribution is 5.82. The van der Waals surface area contributed by atoms with Crippen LogP contribution >= 0.6 is 0 Å². The molecule has 10 rings (SSSR count). The Morgan fingerprint density at radius 3 is 0.930 bits per heavy atom. The molecule has 57 heavy (non-hydrogen) atoms. The monoisotopic (exact) mass is 750 g/mol. The first-order valence-electron chi connectivity index (χ1n) is 19.8. The number of hydrogen-bond donors (Lipinski definition) is 0. The maximum absolute atomic E-state index is 6.02. The van der Waals surface area contributed by atoms with Crippen molar-refractivity contribution in [3.8, 4) is 34.8 Å². The molecule has 0 N–H and O–H groups in total. The Labute approximate surface area is 329 Å².